The van der Waals surface area contributed by atoms with E-state index in [1.807, 2.05) is 0 Å². The second-order valence-corrected chi connectivity index (χ2v) is 6.48. The lowest BCUT2D eigenvalue weighted by atomic mass is 10.0. The van der Waals surface area contributed by atoms with E-state index in [0.717, 1.165) is 12.8 Å². The summed E-state index contributed by atoms with van der Waals surface area (Å²) in [4.78, 5) is 11.3. The minimum atomic E-state index is -0.387. The van der Waals surface area contributed by atoms with Gasteiger partial charge in [0.05, 0.1) is 6.61 Å². The fourth-order valence-electron chi connectivity index (χ4n) is 2.66. The van der Waals surface area contributed by atoms with Gasteiger partial charge in [0.25, 0.3) is 0 Å². The van der Waals surface area contributed by atoms with Crippen molar-refractivity contribution in [1.29, 1.82) is 0 Å². The highest BCUT2D eigenvalue weighted by Crippen LogP contribution is 2.12. The van der Waals surface area contributed by atoms with Crippen molar-refractivity contribution < 1.29 is 9.53 Å². The van der Waals surface area contributed by atoms with Gasteiger partial charge in [-0.15, -0.1) is 0 Å². The number of hydrogen-bond donors (Lipinski definition) is 1. The predicted molar refractivity (Wildman–Crippen MR) is 99.2 cm³/mol. The maximum Gasteiger partial charge on any atom is 0.353 e. The summed E-state index contributed by atoms with van der Waals surface area (Å²) in [5, 5.41) is 0. The first-order valence-corrected chi connectivity index (χ1v) is 9.81. The molecule has 0 atom stereocenters. The highest BCUT2D eigenvalue weighted by Gasteiger charge is 2.04. The topological polar surface area (TPSA) is 52.3 Å². The number of esters is 1. The van der Waals surface area contributed by atoms with Crippen LogP contribution in [-0.2, 0) is 9.53 Å². The van der Waals surface area contributed by atoms with Crippen molar-refractivity contribution in [2.24, 2.45) is 5.73 Å². The van der Waals surface area contributed by atoms with Crippen molar-refractivity contribution in [2.75, 3.05) is 6.61 Å². The number of nitrogens with two attached hydrogens (primary N) is 1. The third-order valence-corrected chi connectivity index (χ3v) is 4.28. The maximum atomic E-state index is 11.3. The Morgan fingerprint density at radius 2 is 1.17 bits per heavy atom. The Labute approximate surface area is 144 Å². The van der Waals surface area contributed by atoms with Crippen molar-refractivity contribution in [2.45, 2.75) is 104 Å². The number of allylic oxidation sites excluding steroid dienone is 1. The zero-order valence-electron chi connectivity index (χ0n) is 15.6. The normalized spacial score (nSPS) is 11.7. The van der Waals surface area contributed by atoms with Gasteiger partial charge in [0.15, 0.2) is 0 Å². The lowest BCUT2D eigenvalue weighted by molar-refractivity contribution is -0.139. The Morgan fingerprint density at radius 1 is 0.783 bits per heavy atom. The Kier molecular flexibility index (Phi) is 16.6. The molecule has 0 aliphatic rings. The summed E-state index contributed by atoms with van der Waals surface area (Å²) in [5.74, 6) is -0.387. The van der Waals surface area contributed by atoms with Crippen molar-refractivity contribution >= 4 is 5.97 Å². The SMILES string of the molecule is C/C=C(\N)C(=O)OCCCCCCCCCCCCCCCC. The Balaban J connectivity index is 3.12. The van der Waals surface area contributed by atoms with E-state index in [1.54, 1.807) is 13.0 Å². The van der Waals surface area contributed by atoms with Gasteiger partial charge in [0.2, 0.25) is 0 Å². The number of rotatable bonds is 16. The zero-order valence-corrected chi connectivity index (χ0v) is 15.6. The van der Waals surface area contributed by atoms with E-state index in [-0.39, 0.29) is 11.7 Å². The molecule has 0 saturated heterocycles. The molecule has 136 valence electrons. The summed E-state index contributed by atoms with van der Waals surface area (Å²) in [7, 11) is 0. The van der Waals surface area contributed by atoms with Crippen molar-refractivity contribution in [3.05, 3.63) is 11.8 Å². The Bertz CT molecular complexity index is 300. The molecule has 3 nitrogen and oxygen atoms in total. The Hall–Kier alpha value is -0.990. The zero-order chi connectivity index (χ0) is 17.2. The van der Waals surface area contributed by atoms with Crippen LogP contribution in [0.2, 0.25) is 0 Å². The standard InChI is InChI=1S/C20H39NO2/c1-3-5-6-7-8-9-10-11-12-13-14-15-16-17-18-23-20(22)19(21)4-2/h4H,3,5-18,21H2,1-2H3/b19-4-. The number of ether oxygens (including phenoxy) is 1. The van der Waals surface area contributed by atoms with E-state index in [1.165, 1.54) is 77.0 Å². The fraction of sp³-hybridized carbons (Fsp3) is 0.850. The molecule has 0 aromatic carbocycles. The second kappa shape index (κ2) is 17.4. The number of hydrogen-bond acceptors (Lipinski definition) is 3. The van der Waals surface area contributed by atoms with Crippen LogP contribution in [-0.4, -0.2) is 12.6 Å². The van der Waals surface area contributed by atoms with Crippen LogP contribution in [0.25, 0.3) is 0 Å². The quantitative estimate of drug-likeness (QED) is 0.219. The van der Waals surface area contributed by atoms with Crippen LogP contribution in [0.3, 0.4) is 0 Å². The number of carbonyl (C=O) groups is 1. The first-order chi connectivity index (χ1) is 11.2. The van der Waals surface area contributed by atoms with Crippen LogP contribution < -0.4 is 5.73 Å². The Morgan fingerprint density at radius 3 is 1.57 bits per heavy atom. The molecule has 0 aromatic heterocycles. The molecule has 0 bridgehead atoms. The van der Waals surface area contributed by atoms with Gasteiger partial charge in [-0.05, 0) is 13.3 Å². The molecule has 0 fully saturated rings. The molecule has 2 N–H and O–H groups in total. The minimum Gasteiger partial charge on any atom is -0.461 e. The summed E-state index contributed by atoms with van der Waals surface area (Å²) in [5.41, 5.74) is 5.67. The molecule has 0 amide bonds. The summed E-state index contributed by atoms with van der Waals surface area (Å²) in [6.45, 7) is 4.50. The van der Waals surface area contributed by atoms with Crippen LogP contribution in [0.5, 0.6) is 0 Å². The second-order valence-electron chi connectivity index (χ2n) is 6.48. The highest BCUT2D eigenvalue weighted by molar-refractivity contribution is 5.87. The molecular weight excluding hydrogens is 286 g/mol. The summed E-state index contributed by atoms with van der Waals surface area (Å²) < 4.78 is 5.07. The molecule has 0 radical (unpaired) electrons. The van der Waals surface area contributed by atoms with E-state index in [2.05, 4.69) is 6.92 Å². The molecule has 0 rings (SSSR count). The maximum absolute atomic E-state index is 11.3. The van der Waals surface area contributed by atoms with Gasteiger partial charge in [0, 0.05) is 0 Å². The average molecular weight is 326 g/mol. The average Bonchev–Trinajstić information content (AvgIpc) is 2.57. The largest absolute Gasteiger partial charge is 0.461 e. The van der Waals surface area contributed by atoms with Crippen molar-refractivity contribution in [3.8, 4) is 0 Å². The van der Waals surface area contributed by atoms with Gasteiger partial charge >= 0.3 is 5.97 Å². The van der Waals surface area contributed by atoms with Gasteiger partial charge in [0.1, 0.15) is 5.70 Å². The third-order valence-electron chi connectivity index (χ3n) is 4.28. The van der Waals surface area contributed by atoms with Gasteiger partial charge in [-0.25, -0.2) is 4.79 Å². The lowest BCUT2D eigenvalue weighted by Gasteiger charge is -2.05. The van der Waals surface area contributed by atoms with E-state index in [4.69, 9.17) is 10.5 Å². The predicted octanol–water partition coefficient (Wildman–Crippen LogP) is 5.87. The summed E-state index contributed by atoms with van der Waals surface area (Å²) >= 11 is 0. The van der Waals surface area contributed by atoms with Crippen molar-refractivity contribution in [3.63, 3.8) is 0 Å². The van der Waals surface area contributed by atoms with E-state index in [9.17, 15) is 4.79 Å². The van der Waals surface area contributed by atoms with E-state index in [0.29, 0.717) is 6.61 Å². The van der Waals surface area contributed by atoms with Gasteiger partial charge in [-0.2, -0.15) is 0 Å². The van der Waals surface area contributed by atoms with Gasteiger partial charge in [-0.3, -0.25) is 0 Å². The molecule has 0 spiro atoms. The highest BCUT2D eigenvalue weighted by atomic mass is 16.5. The molecule has 0 aliphatic heterocycles. The van der Waals surface area contributed by atoms with E-state index < -0.39 is 0 Å². The first-order valence-electron chi connectivity index (χ1n) is 9.81. The van der Waals surface area contributed by atoms with Crippen LogP contribution in [0.1, 0.15) is 104 Å². The van der Waals surface area contributed by atoms with Gasteiger partial charge < -0.3 is 10.5 Å². The fourth-order valence-corrected chi connectivity index (χ4v) is 2.66. The van der Waals surface area contributed by atoms with E-state index >= 15 is 0 Å². The first kappa shape index (κ1) is 22.0. The van der Waals surface area contributed by atoms with Gasteiger partial charge in [-0.1, -0.05) is 96.5 Å². The molecule has 0 aliphatic carbocycles. The summed E-state index contributed by atoms with van der Waals surface area (Å²) in [6, 6.07) is 0. The smallest absolute Gasteiger partial charge is 0.353 e. The molecule has 0 unspecified atom stereocenters. The van der Waals surface area contributed by atoms with Crippen LogP contribution in [0.15, 0.2) is 11.8 Å². The van der Waals surface area contributed by atoms with Crippen LogP contribution >= 0.6 is 0 Å². The molecular formula is C20H39NO2. The molecule has 0 saturated carbocycles. The number of carbonyl (C=O) groups excluding carboxylic acids is 1. The third kappa shape index (κ3) is 15.7. The molecule has 0 heterocycles. The monoisotopic (exact) mass is 325 g/mol. The minimum absolute atomic E-state index is 0.204. The summed E-state index contributed by atoms with van der Waals surface area (Å²) in [6.07, 6.45) is 20.2. The van der Waals surface area contributed by atoms with Crippen LogP contribution in [0, 0.1) is 0 Å². The number of unbranched alkanes of at least 4 members (excludes halogenated alkanes) is 13. The molecule has 0 aromatic rings. The molecule has 23 heavy (non-hydrogen) atoms. The van der Waals surface area contributed by atoms with Crippen molar-refractivity contribution in [1.82, 2.24) is 0 Å². The molecule has 3 heteroatoms. The van der Waals surface area contributed by atoms with Crippen LogP contribution in [0.4, 0.5) is 0 Å². The lowest BCUT2D eigenvalue weighted by Crippen LogP contribution is -2.15.